The number of carbonyl (C=O) groups excluding carboxylic acids is 1. The highest BCUT2D eigenvalue weighted by Gasteiger charge is 2.28. The van der Waals surface area contributed by atoms with Gasteiger partial charge >= 0.3 is 5.88 Å². The van der Waals surface area contributed by atoms with Crippen LogP contribution in [0.2, 0.25) is 0 Å². The highest BCUT2D eigenvalue weighted by molar-refractivity contribution is 5.91. The van der Waals surface area contributed by atoms with E-state index in [0.717, 1.165) is 25.3 Å². The fourth-order valence-corrected chi connectivity index (χ4v) is 2.64. The number of piperidine rings is 1. The lowest BCUT2D eigenvalue weighted by Crippen LogP contribution is -2.45. The van der Waals surface area contributed by atoms with Gasteiger partial charge in [-0.15, -0.1) is 0 Å². The fourth-order valence-electron chi connectivity index (χ4n) is 2.64. The van der Waals surface area contributed by atoms with Gasteiger partial charge in [-0.1, -0.05) is 0 Å². The van der Waals surface area contributed by atoms with Crippen LogP contribution in [0.15, 0.2) is 16.5 Å². The van der Waals surface area contributed by atoms with Crippen molar-refractivity contribution in [3.8, 4) is 0 Å². The highest BCUT2D eigenvalue weighted by atomic mass is 16.6. The molecular formula is C14H19N3O4. The molecule has 0 unspecified atom stereocenters. The molecule has 0 bridgehead atoms. The summed E-state index contributed by atoms with van der Waals surface area (Å²) in [5, 5.41) is 14.1. The van der Waals surface area contributed by atoms with Crippen LogP contribution < -0.4 is 5.32 Å². The van der Waals surface area contributed by atoms with Gasteiger partial charge in [0.1, 0.15) is 4.92 Å². The number of amides is 1. The van der Waals surface area contributed by atoms with Gasteiger partial charge in [-0.05, 0) is 44.2 Å². The highest BCUT2D eigenvalue weighted by Crippen LogP contribution is 2.28. The second-order valence-electron chi connectivity index (χ2n) is 5.81. The molecule has 2 fully saturated rings. The van der Waals surface area contributed by atoms with Crippen LogP contribution in [-0.4, -0.2) is 41.4 Å². The van der Waals surface area contributed by atoms with Crippen LogP contribution in [0, 0.1) is 16.0 Å². The predicted octanol–water partition coefficient (Wildman–Crippen LogP) is 1.79. The Morgan fingerprint density at radius 2 is 2.05 bits per heavy atom. The average molecular weight is 293 g/mol. The molecule has 21 heavy (non-hydrogen) atoms. The van der Waals surface area contributed by atoms with Crippen LogP contribution >= 0.6 is 0 Å². The molecule has 1 aliphatic carbocycles. The van der Waals surface area contributed by atoms with Crippen LogP contribution in [0.25, 0.3) is 0 Å². The summed E-state index contributed by atoms with van der Waals surface area (Å²) in [5.74, 6) is 0.252. The summed E-state index contributed by atoms with van der Waals surface area (Å²) in [6.45, 7) is 2.41. The standard InChI is InChI=1S/C14H19N3O4/c18-14(12-3-4-13(21-12)17(19)20)16-7-5-11(6-8-16)15-9-10-1-2-10/h3-4,10-11,15H,1-2,5-9H2. The minimum Gasteiger partial charge on any atom is -0.395 e. The first-order valence-corrected chi connectivity index (χ1v) is 7.40. The Bertz CT molecular complexity index is 530. The number of nitrogens with zero attached hydrogens (tertiary/aromatic N) is 2. The van der Waals surface area contributed by atoms with Crippen molar-refractivity contribution in [2.75, 3.05) is 19.6 Å². The molecule has 1 N–H and O–H groups in total. The fraction of sp³-hybridized carbons (Fsp3) is 0.643. The molecular weight excluding hydrogens is 274 g/mol. The minimum atomic E-state index is -0.634. The van der Waals surface area contributed by atoms with Crippen molar-refractivity contribution >= 4 is 11.8 Å². The van der Waals surface area contributed by atoms with Crippen LogP contribution in [0.3, 0.4) is 0 Å². The van der Waals surface area contributed by atoms with Crippen molar-refractivity contribution in [1.29, 1.82) is 0 Å². The smallest absolute Gasteiger partial charge is 0.395 e. The van der Waals surface area contributed by atoms with Crippen molar-refractivity contribution in [1.82, 2.24) is 10.2 Å². The zero-order valence-corrected chi connectivity index (χ0v) is 11.8. The number of hydrogen-bond donors (Lipinski definition) is 1. The second kappa shape index (κ2) is 5.85. The third-order valence-electron chi connectivity index (χ3n) is 4.16. The normalized spacial score (nSPS) is 19.7. The lowest BCUT2D eigenvalue weighted by molar-refractivity contribution is -0.402. The Kier molecular flexibility index (Phi) is 3.92. The molecule has 1 saturated heterocycles. The number of nitro groups is 1. The lowest BCUT2D eigenvalue weighted by atomic mass is 10.0. The first-order valence-electron chi connectivity index (χ1n) is 7.40. The van der Waals surface area contributed by atoms with E-state index in [9.17, 15) is 14.9 Å². The summed E-state index contributed by atoms with van der Waals surface area (Å²) in [6, 6.07) is 3.07. The SMILES string of the molecule is O=C(c1ccc([N+](=O)[O-])o1)N1CCC(NCC2CC2)CC1. The molecule has 2 aliphatic rings. The maximum atomic E-state index is 12.2. The third-order valence-corrected chi connectivity index (χ3v) is 4.16. The van der Waals surface area contributed by atoms with E-state index in [0.29, 0.717) is 19.1 Å². The van der Waals surface area contributed by atoms with E-state index in [-0.39, 0.29) is 17.6 Å². The van der Waals surface area contributed by atoms with E-state index in [4.69, 9.17) is 4.42 Å². The van der Waals surface area contributed by atoms with E-state index < -0.39 is 4.92 Å². The molecule has 2 heterocycles. The summed E-state index contributed by atoms with van der Waals surface area (Å²) in [6.07, 6.45) is 4.51. The Morgan fingerprint density at radius 1 is 1.33 bits per heavy atom. The van der Waals surface area contributed by atoms with Gasteiger partial charge in [-0.3, -0.25) is 14.9 Å². The zero-order valence-electron chi connectivity index (χ0n) is 11.8. The van der Waals surface area contributed by atoms with Gasteiger partial charge in [0.2, 0.25) is 0 Å². The van der Waals surface area contributed by atoms with Crippen molar-refractivity contribution in [2.24, 2.45) is 5.92 Å². The number of nitrogens with one attached hydrogen (secondary N) is 1. The van der Waals surface area contributed by atoms with Crippen molar-refractivity contribution in [3.63, 3.8) is 0 Å². The first kappa shape index (κ1) is 14.1. The molecule has 7 nitrogen and oxygen atoms in total. The molecule has 1 aromatic rings. The maximum Gasteiger partial charge on any atom is 0.433 e. The Balaban J connectivity index is 1.50. The van der Waals surface area contributed by atoms with E-state index >= 15 is 0 Å². The lowest BCUT2D eigenvalue weighted by Gasteiger charge is -2.32. The van der Waals surface area contributed by atoms with Gasteiger partial charge in [-0.2, -0.15) is 0 Å². The summed E-state index contributed by atoms with van der Waals surface area (Å²) >= 11 is 0. The molecule has 1 aliphatic heterocycles. The number of hydrogen-bond acceptors (Lipinski definition) is 5. The quantitative estimate of drug-likeness (QED) is 0.660. The number of carbonyl (C=O) groups is 1. The monoisotopic (exact) mass is 293 g/mol. The van der Waals surface area contributed by atoms with Crippen molar-refractivity contribution < 1.29 is 14.1 Å². The third kappa shape index (κ3) is 3.41. The predicted molar refractivity (Wildman–Crippen MR) is 75.0 cm³/mol. The summed E-state index contributed by atoms with van der Waals surface area (Å²) in [7, 11) is 0. The zero-order chi connectivity index (χ0) is 14.8. The summed E-state index contributed by atoms with van der Waals surface area (Å²) in [5.41, 5.74) is 0. The molecule has 3 rings (SSSR count). The molecule has 114 valence electrons. The second-order valence-corrected chi connectivity index (χ2v) is 5.81. The van der Waals surface area contributed by atoms with Crippen LogP contribution in [0.5, 0.6) is 0 Å². The number of rotatable bonds is 5. The molecule has 0 radical (unpaired) electrons. The molecule has 1 aromatic heterocycles. The number of likely N-dealkylation sites (tertiary alicyclic amines) is 1. The molecule has 7 heteroatoms. The van der Waals surface area contributed by atoms with Crippen molar-refractivity contribution in [2.45, 2.75) is 31.7 Å². The van der Waals surface area contributed by atoms with Gasteiger partial charge in [0.15, 0.2) is 5.76 Å². The minimum absolute atomic E-state index is 0.0473. The van der Waals surface area contributed by atoms with Gasteiger partial charge < -0.3 is 14.6 Å². The topological polar surface area (TPSA) is 88.6 Å². The van der Waals surface area contributed by atoms with Gasteiger partial charge in [0.05, 0.1) is 6.07 Å². The average Bonchev–Trinajstić information content (AvgIpc) is 3.18. The van der Waals surface area contributed by atoms with Crippen LogP contribution in [-0.2, 0) is 0 Å². The molecule has 0 aromatic carbocycles. The molecule has 0 atom stereocenters. The van der Waals surface area contributed by atoms with E-state index in [1.807, 2.05) is 0 Å². The van der Waals surface area contributed by atoms with Gasteiger partial charge in [0, 0.05) is 19.1 Å². The van der Waals surface area contributed by atoms with E-state index in [1.54, 1.807) is 4.90 Å². The maximum absolute atomic E-state index is 12.2. The van der Waals surface area contributed by atoms with Gasteiger partial charge in [0.25, 0.3) is 5.91 Å². The summed E-state index contributed by atoms with van der Waals surface area (Å²) < 4.78 is 4.97. The van der Waals surface area contributed by atoms with Crippen molar-refractivity contribution in [3.05, 3.63) is 28.0 Å². The molecule has 0 spiro atoms. The van der Waals surface area contributed by atoms with Gasteiger partial charge in [-0.25, -0.2) is 0 Å². The summed E-state index contributed by atoms with van der Waals surface area (Å²) in [4.78, 5) is 23.8. The Morgan fingerprint density at radius 3 is 2.62 bits per heavy atom. The van der Waals surface area contributed by atoms with Crippen LogP contribution in [0.1, 0.15) is 36.2 Å². The number of furan rings is 1. The Labute approximate surface area is 122 Å². The Hall–Kier alpha value is -1.89. The van der Waals surface area contributed by atoms with E-state index in [1.165, 1.54) is 25.0 Å². The van der Waals surface area contributed by atoms with Crippen LogP contribution in [0.4, 0.5) is 5.88 Å². The molecule has 1 saturated carbocycles. The first-order chi connectivity index (χ1) is 10.1. The van der Waals surface area contributed by atoms with E-state index in [2.05, 4.69) is 5.32 Å². The molecule has 1 amide bonds. The largest absolute Gasteiger partial charge is 0.433 e.